The van der Waals surface area contributed by atoms with Crippen LogP contribution in [0.5, 0.6) is 0 Å². The summed E-state index contributed by atoms with van der Waals surface area (Å²) in [6, 6.07) is 0. The molecule has 0 unspecified atom stereocenters. The maximum absolute atomic E-state index is 12.8. The van der Waals surface area contributed by atoms with Gasteiger partial charge >= 0.3 is 0 Å². The molecule has 0 aromatic carbocycles. The van der Waals surface area contributed by atoms with Crippen molar-refractivity contribution in [2.24, 2.45) is 0 Å². The number of alkyl halides is 2. The SMILES string of the molecule is C.COCCNC(=O)CCC(=O)N(CC(=O)NCCOCCOCCNC(=O)CBr)CC(=O)NCCOCCOCCNC(=O)CBr. The van der Waals surface area contributed by atoms with Crippen molar-refractivity contribution < 1.29 is 52.5 Å². The molecule has 0 bridgehead atoms. The average molecular weight is 809 g/mol. The molecule has 0 heterocycles. The Hall–Kier alpha value is -2.42. The van der Waals surface area contributed by atoms with E-state index in [2.05, 4.69) is 58.4 Å². The first-order valence-corrected chi connectivity index (χ1v) is 17.0. The van der Waals surface area contributed by atoms with E-state index in [1.807, 2.05) is 0 Å². The van der Waals surface area contributed by atoms with Crippen molar-refractivity contribution >= 4 is 67.3 Å². The second-order valence-electron chi connectivity index (χ2n) is 9.21. The normalized spacial score (nSPS) is 10.4. The minimum atomic E-state index is -0.534. The number of carbonyl (C=O) groups excluding carboxylic acids is 6. The number of halogens is 2. The topological polar surface area (TPSA) is 212 Å². The van der Waals surface area contributed by atoms with Crippen LogP contribution in [0.4, 0.5) is 0 Å². The van der Waals surface area contributed by atoms with E-state index in [1.54, 1.807) is 0 Å². The van der Waals surface area contributed by atoms with Gasteiger partial charge in [-0.1, -0.05) is 39.3 Å². The van der Waals surface area contributed by atoms with Gasteiger partial charge in [0.2, 0.25) is 35.4 Å². The van der Waals surface area contributed by atoms with Gasteiger partial charge in [-0.2, -0.15) is 0 Å². The third-order valence-electron chi connectivity index (χ3n) is 5.48. The number of nitrogens with zero attached hydrogens (tertiary/aromatic N) is 1. The standard InChI is InChI=1S/C27H48Br2N6O11.CH4/c1-42-9-4-30-22(36)2-3-27(41)35(20-25(39)33-7-12-45-16-14-43-10-5-31-23(37)18-28)21-26(40)34-8-13-46-17-15-44-11-6-32-24(38)19-29;/h2-21H2,1H3,(H,30,36)(H,31,37)(H,32,38)(H,33,39)(H,34,40);1H4. The number of hydrogen-bond donors (Lipinski definition) is 5. The van der Waals surface area contributed by atoms with E-state index in [1.165, 1.54) is 7.11 Å². The van der Waals surface area contributed by atoms with Crippen LogP contribution in [0, 0.1) is 0 Å². The Bertz CT molecular complexity index is 840. The number of methoxy groups -OCH3 is 1. The maximum atomic E-state index is 12.8. The van der Waals surface area contributed by atoms with E-state index in [9.17, 15) is 28.8 Å². The molecule has 0 rings (SSSR count). The molecule has 0 fully saturated rings. The molecule has 0 aromatic heterocycles. The third-order valence-corrected chi connectivity index (χ3v) is 6.50. The summed E-state index contributed by atoms with van der Waals surface area (Å²) in [5.74, 6) is -2.14. The number of rotatable bonds is 30. The first-order valence-electron chi connectivity index (χ1n) is 14.8. The first-order chi connectivity index (χ1) is 22.2. The van der Waals surface area contributed by atoms with Crippen LogP contribution in [0.15, 0.2) is 0 Å². The van der Waals surface area contributed by atoms with Gasteiger partial charge in [0.25, 0.3) is 0 Å². The Morgan fingerprint density at radius 1 is 0.489 bits per heavy atom. The molecular formula is C28H52Br2N6O11. The zero-order valence-electron chi connectivity index (χ0n) is 26.3. The summed E-state index contributed by atoms with van der Waals surface area (Å²) in [5.41, 5.74) is 0. The number of ether oxygens (including phenoxy) is 5. The van der Waals surface area contributed by atoms with Crippen molar-refractivity contribution in [3.63, 3.8) is 0 Å². The van der Waals surface area contributed by atoms with Crippen LogP contribution in [0.25, 0.3) is 0 Å². The summed E-state index contributed by atoms with van der Waals surface area (Å²) >= 11 is 6.10. The molecule has 5 N–H and O–H groups in total. The van der Waals surface area contributed by atoms with E-state index >= 15 is 0 Å². The molecule has 0 saturated carbocycles. The van der Waals surface area contributed by atoms with Gasteiger partial charge in [0.15, 0.2) is 0 Å². The van der Waals surface area contributed by atoms with Crippen LogP contribution in [-0.4, -0.2) is 163 Å². The van der Waals surface area contributed by atoms with E-state index in [0.29, 0.717) is 52.7 Å². The van der Waals surface area contributed by atoms with E-state index in [0.717, 1.165) is 4.90 Å². The lowest BCUT2D eigenvalue weighted by atomic mass is 10.2. The fourth-order valence-corrected chi connectivity index (χ4v) is 3.64. The second kappa shape index (κ2) is 33.5. The molecule has 0 radical (unpaired) electrons. The van der Waals surface area contributed by atoms with E-state index in [4.69, 9.17) is 23.7 Å². The predicted molar refractivity (Wildman–Crippen MR) is 180 cm³/mol. The van der Waals surface area contributed by atoms with E-state index < -0.39 is 17.7 Å². The Labute approximate surface area is 293 Å². The maximum Gasteiger partial charge on any atom is 0.239 e. The lowest BCUT2D eigenvalue weighted by Gasteiger charge is -2.22. The van der Waals surface area contributed by atoms with Crippen molar-refractivity contribution in [2.45, 2.75) is 20.3 Å². The third kappa shape index (κ3) is 30.7. The van der Waals surface area contributed by atoms with Crippen LogP contribution in [0.2, 0.25) is 0 Å². The van der Waals surface area contributed by atoms with Gasteiger partial charge in [0.05, 0.1) is 70.1 Å². The van der Waals surface area contributed by atoms with Crippen molar-refractivity contribution in [1.82, 2.24) is 31.5 Å². The van der Waals surface area contributed by atoms with Gasteiger partial charge in [-0.15, -0.1) is 0 Å². The smallest absolute Gasteiger partial charge is 0.239 e. The molecule has 19 heteroatoms. The van der Waals surface area contributed by atoms with Gasteiger partial charge in [0.1, 0.15) is 13.1 Å². The van der Waals surface area contributed by atoms with Crippen LogP contribution >= 0.6 is 31.9 Å². The minimum absolute atomic E-state index is 0. The number of hydrogen-bond acceptors (Lipinski definition) is 11. The Morgan fingerprint density at radius 2 is 0.830 bits per heavy atom. The van der Waals surface area contributed by atoms with Crippen LogP contribution in [0.1, 0.15) is 20.3 Å². The average Bonchev–Trinajstić information content (AvgIpc) is 3.04. The molecule has 0 atom stereocenters. The largest absolute Gasteiger partial charge is 0.383 e. The summed E-state index contributed by atoms with van der Waals surface area (Å²) < 4.78 is 26.3. The zero-order chi connectivity index (χ0) is 34.3. The number of amides is 6. The Kier molecular flexibility index (Phi) is 33.3. The second-order valence-corrected chi connectivity index (χ2v) is 10.3. The van der Waals surface area contributed by atoms with Crippen LogP contribution in [-0.2, 0) is 52.5 Å². The zero-order valence-corrected chi connectivity index (χ0v) is 29.5. The van der Waals surface area contributed by atoms with Gasteiger partial charge in [0, 0.05) is 52.7 Å². The van der Waals surface area contributed by atoms with Gasteiger partial charge in [-0.3, -0.25) is 28.8 Å². The molecule has 0 aliphatic carbocycles. The lowest BCUT2D eigenvalue weighted by molar-refractivity contribution is -0.140. The fraction of sp³-hybridized carbons (Fsp3) is 0.786. The van der Waals surface area contributed by atoms with Crippen molar-refractivity contribution in [3.05, 3.63) is 0 Å². The van der Waals surface area contributed by atoms with Gasteiger partial charge in [-0.25, -0.2) is 0 Å². The monoisotopic (exact) mass is 806 g/mol. The molecule has 0 spiro atoms. The molecule has 0 aliphatic rings. The predicted octanol–water partition coefficient (Wildman–Crippen LogP) is -1.69. The summed E-state index contributed by atoms with van der Waals surface area (Å²) in [6.07, 6.45) is -0.301. The highest BCUT2D eigenvalue weighted by atomic mass is 79.9. The highest BCUT2D eigenvalue weighted by Crippen LogP contribution is 1.99. The van der Waals surface area contributed by atoms with Crippen molar-refractivity contribution in [2.75, 3.05) is 123 Å². The minimum Gasteiger partial charge on any atom is -0.383 e. The molecular weight excluding hydrogens is 756 g/mol. The van der Waals surface area contributed by atoms with Gasteiger partial charge in [-0.05, 0) is 0 Å². The number of carbonyl (C=O) groups is 6. The van der Waals surface area contributed by atoms with Gasteiger partial charge < -0.3 is 55.2 Å². The summed E-state index contributed by atoms with van der Waals surface area (Å²) in [7, 11) is 1.50. The Morgan fingerprint density at radius 3 is 1.19 bits per heavy atom. The summed E-state index contributed by atoms with van der Waals surface area (Å²) in [4.78, 5) is 73.2. The first kappa shape index (κ1) is 46.7. The van der Waals surface area contributed by atoms with Crippen LogP contribution in [0.3, 0.4) is 0 Å². The molecule has 0 aliphatic heterocycles. The highest BCUT2D eigenvalue weighted by Gasteiger charge is 2.21. The summed E-state index contributed by atoms with van der Waals surface area (Å²) in [6.45, 7) is 3.24. The van der Waals surface area contributed by atoms with Crippen molar-refractivity contribution in [1.29, 1.82) is 0 Å². The van der Waals surface area contributed by atoms with E-state index in [-0.39, 0.29) is 101 Å². The fourth-order valence-electron chi connectivity index (χ4n) is 3.24. The lowest BCUT2D eigenvalue weighted by Crippen LogP contribution is -2.46. The molecule has 0 saturated heterocycles. The quantitative estimate of drug-likeness (QED) is 0.0409. The summed E-state index contributed by atoms with van der Waals surface area (Å²) in [5, 5.41) is 13.6. The highest BCUT2D eigenvalue weighted by molar-refractivity contribution is 9.09. The van der Waals surface area contributed by atoms with Crippen molar-refractivity contribution in [3.8, 4) is 0 Å². The molecule has 0 aromatic rings. The molecule has 6 amide bonds. The molecule has 17 nitrogen and oxygen atoms in total. The molecule has 274 valence electrons. The number of nitrogens with one attached hydrogen (secondary N) is 5. The van der Waals surface area contributed by atoms with Crippen LogP contribution < -0.4 is 26.6 Å². The molecule has 47 heavy (non-hydrogen) atoms. The Balaban J connectivity index is 0.